The normalized spacial score (nSPS) is 19.5. The molecule has 0 aliphatic carbocycles. The predicted octanol–water partition coefficient (Wildman–Crippen LogP) is 1.19. The molecule has 0 bridgehead atoms. The molecule has 3 rings (SSSR count). The number of nitrogens with one attached hydrogen (secondary N) is 1. The van der Waals surface area contributed by atoms with Crippen molar-refractivity contribution in [3.05, 3.63) is 47.6 Å². The third-order valence-corrected chi connectivity index (χ3v) is 3.13. The molecule has 5 heteroatoms. The maximum atomic E-state index is 5.40. The number of hydrogen-bond donors (Lipinski definition) is 1. The van der Waals surface area contributed by atoms with Gasteiger partial charge in [0.05, 0.1) is 13.2 Å². The van der Waals surface area contributed by atoms with E-state index >= 15 is 0 Å². The molecule has 2 aromatic rings. The molecule has 0 saturated carbocycles. The maximum absolute atomic E-state index is 5.40. The van der Waals surface area contributed by atoms with Crippen LogP contribution in [0.5, 0.6) is 0 Å². The second-order valence-corrected chi connectivity index (χ2v) is 4.70. The van der Waals surface area contributed by atoms with Crippen LogP contribution in [0.2, 0.25) is 0 Å². The number of benzene rings is 1. The van der Waals surface area contributed by atoms with Gasteiger partial charge in [-0.05, 0) is 5.56 Å². The Bertz CT molecular complexity index is 506. The lowest BCUT2D eigenvalue weighted by Crippen LogP contribution is -2.42. The number of morpholine rings is 1. The third kappa shape index (κ3) is 3.39. The zero-order valence-corrected chi connectivity index (χ0v) is 10.7. The fraction of sp³-hybridized carbons (Fsp3) is 0.429. The van der Waals surface area contributed by atoms with Crippen molar-refractivity contribution in [1.29, 1.82) is 0 Å². The van der Waals surface area contributed by atoms with Crippen LogP contribution < -0.4 is 5.32 Å². The van der Waals surface area contributed by atoms with Gasteiger partial charge in [-0.3, -0.25) is 0 Å². The zero-order chi connectivity index (χ0) is 12.9. The smallest absolute Gasteiger partial charge is 0.228 e. The molecule has 1 atom stereocenters. The predicted molar refractivity (Wildman–Crippen MR) is 69.9 cm³/mol. The highest BCUT2D eigenvalue weighted by atomic mass is 16.5. The highest BCUT2D eigenvalue weighted by molar-refractivity contribution is 5.18. The molecule has 1 aliphatic rings. The van der Waals surface area contributed by atoms with Gasteiger partial charge in [-0.15, -0.1) is 0 Å². The van der Waals surface area contributed by atoms with Crippen LogP contribution >= 0.6 is 0 Å². The molecule has 1 unspecified atom stereocenters. The minimum absolute atomic E-state index is 0.277. The molecular weight excluding hydrogens is 242 g/mol. The highest BCUT2D eigenvalue weighted by Gasteiger charge is 2.17. The van der Waals surface area contributed by atoms with Crippen molar-refractivity contribution in [1.82, 2.24) is 15.5 Å². The van der Waals surface area contributed by atoms with Crippen molar-refractivity contribution in [2.75, 3.05) is 19.8 Å². The third-order valence-electron chi connectivity index (χ3n) is 3.13. The van der Waals surface area contributed by atoms with Gasteiger partial charge in [0, 0.05) is 25.4 Å². The van der Waals surface area contributed by atoms with Gasteiger partial charge >= 0.3 is 0 Å². The SMILES string of the molecule is c1ccc(Cc2noc(CC3COCCN3)n2)cc1. The summed E-state index contributed by atoms with van der Waals surface area (Å²) in [5.74, 6) is 1.41. The van der Waals surface area contributed by atoms with Gasteiger partial charge in [0.15, 0.2) is 5.82 Å². The van der Waals surface area contributed by atoms with E-state index in [9.17, 15) is 0 Å². The first kappa shape index (κ1) is 12.3. The van der Waals surface area contributed by atoms with Gasteiger partial charge in [-0.25, -0.2) is 0 Å². The Labute approximate surface area is 112 Å². The van der Waals surface area contributed by atoms with Gasteiger partial charge in [-0.1, -0.05) is 35.5 Å². The van der Waals surface area contributed by atoms with Crippen molar-refractivity contribution in [3.63, 3.8) is 0 Å². The molecule has 1 aliphatic heterocycles. The first-order valence-electron chi connectivity index (χ1n) is 6.56. The van der Waals surface area contributed by atoms with Crippen molar-refractivity contribution >= 4 is 0 Å². The van der Waals surface area contributed by atoms with Crippen molar-refractivity contribution < 1.29 is 9.26 Å². The van der Waals surface area contributed by atoms with Gasteiger partial charge in [0.2, 0.25) is 5.89 Å². The van der Waals surface area contributed by atoms with Crippen LogP contribution in [0.25, 0.3) is 0 Å². The van der Waals surface area contributed by atoms with Gasteiger partial charge < -0.3 is 14.6 Å². The molecule has 5 nitrogen and oxygen atoms in total. The van der Waals surface area contributed by atoms with Crippen molar-refractivity contribution in [3.8, 4) is 0 Å². The van der Waals surface area contributed by atoms with E-state index in [1.807, 2.05) is 18.2 Å². The molecule has 0 amide bonds. The largest absolute Gasteiger partial charge is 0.378 e. The molecule has 1 N–H and O–H groups in total. The van der Waals surface area contributed by atoms with E-state index in [0.29, 0.717) is 18.9 Å². The Morgan fingerprint density at radius 3 is 2.95 bits per heavy atom. The second-order valence-electron chi connectivity index (χ2n) is 4.70. The number of aromatic nitrogens is 2. The quantitative estimate of drug-likeness (QED) is 0.893. The Morgan fingerprint density at radius 1 is 1.26 bits per heavy atom. The molecule has 1 saturated heterocycles. The van der Waals surface area contributed by atoms with Crippen molar-refractivity contribution in [2.45, 2.75) is 18.9 Å². The van der Waals surface area contributed by atoms with E-state index in [1.165, 1.54) is 5.56 Å². The summed E-state index contributed by atoms with van der Waals surface area (Å²) in [4.78, 5) is 4.43. The van der Waals surface area contributed by atoms with Gasteiger partial charge in [0.1, 0.15) is 0 Å². The summed E-state index contributed by atoms with van der Waals surface area (Å²) in [7, 11) is 0. The molecule has 0 spiro atoms. The topological polar surface area (TPSA) is 60.2 Å². The lowest BCUT2D eigenvalue weighted by Gasteiger charge is -2.22. The lowest BCUT2D eigenvalue weighted by molar-refractivity contribution is 0.0744. The minimum atomic E-state index is 0.277. The summed E-state index contributed by atoms with van der Waals surface area (Å²) in [5, 5.41) is 7.40. The van der Waals surface area contributed by atoms with Crippen LogP contribution in [-0.4, -0.2) is 35.9 Å². The molecule has 1 aromatic carbocycles. The van der Waals surface area contributed by atoms with Crippen LogP contribution in [0.15, 0.2) is 34.9 Å². The van der Waals surface area contributed by atoms with E-state index in [-0.39, 0.29) is 6.04 Å². The van der Waals surface area contributed by atoms with Crippen LogP contribution in [0.4, 0.5) is 0 Å². The monoisotopic (exact) mass is 259 g/mol. The number of rotatable bonds is 4. The van der Waals surface area contributed by atoms with Gasteiger partial charge in [0.25, 0.3) is 0 Å². The average molecular weight is 259 g/mol. The summed E-state index contributed by atoms with van der Waals surface area (Å²) < 4.78 is 10.7. The second kappa shape index (κ2) is 5.95. The summed E-state index contributed by atoms with van der Waals surface area (Å²) >= 11 is 0. The van der Waals surface area contributed by atoms with E-state index in [2.05, 4.69) is 27.6 Å². The molecule has 1 aromatic heterocycles. The molecule has 2 heterocycles. The molecule has 100 valence electrons. The standard InChI is InChI=1S/C14H17N3O2/c1-2-4-11(5-3-1)8-13-16-14(19-17-13)9-12-10-18-7-6-15-12/h1-5,12,15H,6-10H2. The van der Waals surface area contributed by atoms with Crippen LogP contribution in [0.3, 0.4) is 0 Å². The van der Waals surface area contributed by atoms with Crippen LogP contribution in [0.1, 0.15) is 17.3 Å². The number of nitrogens with zero attached hydrogens (tertiary/aromatic N) is 2. The Morgan fingerprint density at radius 2 is 2.16 bits per heavy atom. The first-order chi connectivity index (χ1) is 9.40. The van der Waals surface area contributed by atoms with Crippen molar-refractivity contribution in [2.24, 2.45) is 0 Å². The van der Waals surface area contributed by atoms with E-state index in [4.69, 9.17) is 9.26 Å². The molecular formula is C14H17N3O2. The first-order valence-corrected chi connectivity index (χ1v) is 6.56. The van der Waals surface area contributed by atoms with E-state index < -0.39 is 0 Å². The molecule has 1 fully saturated rings. The van der Waals surface area contributed by atoms with E-state index in [1.54, 1.807) is 0 Å². The lowest BCUT2D eigenvalue weighted by atomic mass is 10.1. The van der Waals surface area contributed by atoms with Gasteiger partial charge in [-0.2, -0.15) is 4.98 Å². The fourth-order valence-corrected chi connectivity index (χ4v) is 2.18. The number of ether oxygens (including phenoxy) is 1. The summed E-state index contributed by atoms with van der Waals surface area (Å²) in [6.07, 6.45) is 1.43. The summed E-state index contributed by atoms with van der Waals surface area (Å²) in [6.45, 7) is 2.37. The molecule has 0 radical (unpaired) electrons. The summed E-state index contributed by atoms with van der Waals surface area (Å²) in [5.41, 5.74) is 1.19. The minimum Gasteiger partial charge on any atom is -0.378 e. The molecule has 19 heavy (non-hydrogen) atoms. The Hall–Kier alpha value is -1.72. The average Bonchev–Trinajstić information content (AvgIpc) is 2.88. The maximum Gasteiger partial charge on any atom is 0.228 e. The number of hydrogen-bond acceptors (Lipinski definition) is 5. The summed E-state index contributed by atoms with van der Waals surface area (Å²) in [6, 6.07) is 10.4. The Kier molecular flexibility index (Phi) is 3.86. The van der Waals surface area contributed by atoms with Crippen LogP contribution in [0, 0.1) is 0 Å². The van der Waals surface area contributed by atoms with E-state index in [0.717, 1.165) is 25.4 Å². The van der Waals surface area contributed by atoms with Crippen LogP contribution in [-0.2, 0) is 17.6 Å². The zero-order valence-electron chi connectivity index (χ0n) is 10.7. The Balaban J connectivity index is 1.59. The fourth-order valence-electron chi connectivity index (χ4n) is 2.18. The highest BCUT2D eigenvalue weighted by Crippen LogP contribution is 2.08.